The van der Waals surface area contributed by atoms with E-state index in [1.54, 1.807) is 13.0 Å². The standard InChI is InChI=1S/C23H26N2O7S/c1-15-7-9-17(33(29,30)25-11-5-4-6-12-25)14-19(15)21(26)24-20-13-16(22(27)31-2)8-10-18(20)23(28)32-3/h7-10,13-14H,4-6,11-12H2,1-3H3,(H,24,26). The maximum absolute atomic E-state index is 13.1. The van der Waals surface area contributed by atoms with Crippen LogP contribution in [-0.4, -0.2) is 57.9 Å². The molecule has 2 aromatic rings. The Hall–Kier alpha value is -3.24. The minimum absolute atomic E-state index is 0.0247. The van der Waals surface area contributed by atoms with Gasteiger partial charge < -0.3 is 14.8 Å². The normalized spacial score (nSPS) is 14.4. The summed E-state index contributed by atoms with van der Waals surface area (Å²) < 4.78 is 37.0. The first-order valence-electron chi connectivity index (χ1n) is 10.4. The summed E-state index contributed by atoms with van der Waals surface area (Å²) in [6.45, 7) is 2.57. The van der Waals surface area contributed by atoms with Gasteiger partial charge in [0.05, 0.1) is 35.9 Å². The minimum Gasteiger partial charge on any atom is -0.465 e. The number of esters is 2. The highest BCUT2D eigenvalue weighted by Crippen LogP contribution is 2.25. The van der Waals surface area contributed by atoms with E-state index in [1.165, 1.54) is 48.9 Å². The van der Waals surface area contributed by atoms with E-state index in [0.717, 1.165) is 19.3 Å². The number of nitrogens with zero attached hydrogens (tertiary/aromatic N) is 1. The average molecular weight is 475 g/mol. The number of hydrogen-bond donors (Lipinski definition) is 1. The van der Waals surface area contributed by atoms with Crippen LogP contribution in [0.4, 0.5) is 5.69 Å². The van der Waals surface area contributed by atoms with Crippen LogP contribution in [0.1, 0.15) is 55.9 Å². The van der Waals surface area contributed by atoms with Gasteiger partial charge in [-0.05, 0) is 55.7 Å². The third-order valence-electron chi connectivity index (χ3n) is 5.50. The number of amides is 1. The van der Waals surface area contributed by atoms with Crippen LogP contribution in [0.2, 0.25) is 0 Å². The zero-order valence-electron chi connectivity index (χ0n) is 18.7. The second kappa shape index (κ2) is 10.1. The number of piperidine rings is 1. The van der Waals surface area contributed by atoms with Crippen LogP contribution < -0.4 is 5.32 Å². The van der Waals surface area contributed by atoms with Gasteiger partial charge in [0.25, 0.3) is 5.91 Å². The quantitative estimate of drug-likeness (QED) is 0.639. The number of benzene rings is 2. The van der Waals surface area contributed by atoms with E-state index in [4.69, 9.17) is 9.47 Å². The van der Waals surface area contributed by atoms with Crippen LogP contribution in [0.3, 0.4) is 0 Å². The molecule has 1 fully saturated rings. The van der Waals surface area contributed by atoms with Gasteiger partial charge in [-0.15, -0.1) is 0 Å². The number of carbonyl (C=O) groups is 3. The molecule has 0 atom stereocenters. The first kappa shape index (κ1) is 24.4. The zero-order chi connectivity index (χ0) is 24.2. The van der Waals surface area contributed by atoms with Gasteiger partial charge in [-0.2, -0.15) is 4.31 Å². The van der Waals surface area contributed by atoms with E-state index < -0.39 is 27.9 Å². The molecular weight excluding hydrogens is 448 g/mol. The van der Waals surface area contributed by atoms with Crippen LogP contribution in [0.5, 0.6) is 0 Å². The summed E-state index contributed by atoms with van der Waals surface area (Å²) in [6.07, 6.45) is 2.58. The first-order valence-corrected chi connectivity index (χ1v) is 11.9. The Morgan fingerprint density at radius 3 is 2.18 bits per heavy atom. The molecule has 0 spiro atoms. The molecule has 1 saturated heterocycles. The van der Waals surface area contributed by atoms with Gasteiger partial charge in [-0.3, -0.25) is 4.79 Å². The Morgan fingerprint density at radius 1 is 0.879 bits per heavy atom. The number of aryl methyl sites for hydroxylation is 1. The lowest BCUT2D eigenvalue weighted by Gasteiger charge is -2.26. The van der Waals surface area contributed by atoms with Crippen molar-refractivity contribution < 1.29 is 32.3 Å². The van der Waals surface area contributed by atoms with Crippen molar-refractivity contribution in [2.45, 2.75) is 31.1 Å². The number of sulfonamides is 1. The van der Waals surface area contributed by atoms with Crippen molar-refractivity contribution in [3.63, 3.8) is 0 Å². The fourth-order valence-corrected chi connectivity index (χ4v) is 5.17. The van der Waals surface area contributed by atoms with Crippen molar-refractivity contribution in [3.05, 3.63) is 58.7 Å². The largest absolute Gasteiger partial charge is 0.465 e. The van der Waals surface area contributed by atoms with Crippen molar-refractivity contribution in [3.8, 4) is 0 Å². The fourth-order valence-electron chi connectivity index (χ4n) is 3.63. The molecule has 3 rings (SSSR count). The number of rotatable bonds is 6. The summed E-state index contributed by atoms with van der Waals surface area (Å²) in [5.74, 6) is -1.98. The second-order valence-electron chi connectivity index (χ2n) is 7.64. The molecule has 0 radical (unpaired) electrons. The summed E-state index contributed by atoms with van der Waals surface area (Å²) in [4.78, 5) is 37.2. The maximum Gasteiger partial charge on any atom is 0.339 e. The molecule has 0 aromatic heterocycles. The predicted octanol–water partition coefficient (Wildman–Crippen LogP) is 3.00. The number of ether oxygens (including phenoxy) is 2. The first-order chi connectivity index (χ1) is 15.7. The van der Waals surface area contributed by atoms with Crippen molar-refractivity contribution in [2.24, 2.45) is 0 Å². The summed E-state index contributed by atoms with van der Waals surface area (Å²) in [6, 6.07) is 8.41. The van der Waals surface area contributed by atoms with Crippen molar-refractivity contribution >= 4 is 33.6 Å². The van der Waals surface area contributed by atoms with Crippen LogP contribution in [0, 0.1) is 6.92 Å². The summed E-state index contributed by atoms with van der Waals surface area (Å²) in [5, 5.41) is 2.60. The number of hydrogen-bond acceptors (Lipinski definition) is 7. The van der Waals surface area contributed by atoms with E-state index in [0.29, 0.717) is 18.7 Å². The molecule has 0 aliphatic carbocycles. The highest BCUT2D eigenvalue weighted by molar-refractivity contribution is 7.89. The van der Waals surface area contributed by atoms with Crippen LogP contribution in [0.25, 0.3) is 0 Å². The molecule has 2 aromatic carbocycles. The summed E-state index contributed by atoms with van der Waals surface area (Å²) in [7, 11) is -1.33. The molecule has 9 nitrogen and oxygen atoms in total. The highest BCUT2D eigenvalue weighted by Gasteiger charge is 2.27. The molecule has 1 amide bonds. The molecule has 10 heteroatoms. The molecule has 0 bridgehead atoms. The predicted molar refractivity (Wildman–Crippen MR) is 121 cm³/mol. The van der Waals surface area contributed by atoms with Crippen molar-refractivity contribution in [1.29, 1.82) is 0 Å². The number of methoxy groups -OCH3 is 2. The van der Waals surface area contributed by atoms with Crippen LogP contribution in [-0.2, 0) is 19.5 Å². The Morgan fingerprint density at radius 2 is 1.55 bits per heavy atom. The second-order valence-corrected chi connectivity index (χ2v) is 9.58. The van der Waals surface area contributed by atoms with E-state index in [9.17, 15) is 22.8 Å². The minimum atomic E-state index is -3.74. The molecule has 1 aliphatic rings. The Bertz CT molecular complexity index is 1190. The van der Waals surface area contributed by atoms with Gasteiger partial charge in [0.15, 0.2) is 0 Å². The lowest BCUT2D eigenvalue weighted by Crippen LogP contribution is -2.35. The topological polar surface area (TPSA) is 119 Å². The van der Waals surface area contributed by atoms with Gasteiger partial charge in [0.2, 0.25) is 10.0 Å². The molecule has 1 N–H and O–H groups in total. The van der Waals surface area contributed by atoms with Gasteiger partial charge >= 0.3 is 11.9 Å². The smallest absolute Gasteiger partial charge is 0.339 e. The van der Waals surface area contributed by atoms with Crippen molar-refractivity contribution in [1.82, 2.24) is 4.31 Å². The monoisotopic (exact) mass is 474 g/mol. The number of anilines is 1. The molecule has 1 heterocycles. The molecule has 0 unspecified atom stereocenters. The fraction of sp³-hybridized carbons (Fsp3) is 0.348. The Balaban J connectivity index is 1.97. The van der Waals surface area contributed by atoms with E-state index >= 15 is 0 Å². The van der Waals surface area contributed by atoms with Gasteiger partial charge in [-0.25, -0.2) is 18.0 Å². The van der Waals surface area contributed by atoms with Gasteiger partial charge in [0, 0.05) is 18.7 Å². The summed E-state index contributed by atoms with van der Waals surface area (Å²) >= 11 is 0. The third-order valence-corrected chi connectivity index (χ3v) is 7.40. The van der Waals surface area contributed by atoms with Crippen molar-refractivity contribution in [2.75, 3.05) is 32.6 Å². The van der Waals surface area contributed by atoms with Gasteiger partial charge in [-0.1, -0.05) is 12.5 Å². The average Bonchev–Trinajstić information content (AvgIpc) is 2.83. The lowest BCUT2D eigenvalue weighted by molar-refractivity contribution is 0.0587. The van der Waals surface area contributed by atoms with Crippen LogP contribution in [0.15, 0.2) is 41.3 Å². The third kappa shape index (κ3) is 5.23. The maximum atomic E-state index is 13.1. The van der Waals surface area contributed by atoms with E-state index in [-0.39, 0.29) is 27.3 Å². The van der Waals surface area contributed by atoms with E-state index in [1.807, 2.05) is 0 Å². The zero-order valence-corrected chi connectivity index (χ0v) is 19.5. The molecule has 0 saturated carbocycles. The van der Waals surface area contributed by atoms with Crippen LogP contribution >= 0.6 is 0 Å². The van der Waals surface area contributed by atoms with Gasteiger partial charge in [0.1, 0.15) is 0 Å². The lowest BCUT2D eigenvalue weighted by atomic mass is 10.1. The van der Waals surface area contributed by atoms with E-state index in [2.05, 4.69) is 5.32 Å². The number of nitrogens with one attached hydrogen (secondary N) is 1. The molecule has 1 aliphatic heterocycles. The molecule has 33 heavy (non-hydrogen) atoms. The molecular formula is C23H26N2O7S. The number of carbonyl (C=O) groups excluding carboxylic acids is 3. The SMILES string of the molecule is COC(=O)c1ccc(C(=O)OC)c(NC(=O)c2cc(S(=O)(=O)N3CCCCC3)ccc2C)c1. The molecule has 176 valence electrons. The Labute approximate surface area is 192 Å². The summed E-state index contributed by atoms with van der Waals surface area (Å²) in [5.41, 5.74) is 0.881. The highest BCUT2D eigenvalue weighted by atomic mass is 32.2. The Kier molecular flexibility index (Phi) is 7.50.